The third-order valence-electron chi connectivity index (χ3n) is 4.00. The maximum Gasteiger partial charge on any atom is 0.325 e. The smallest absolute Gasteiger partial charge is 0.325 e. The van der Waals surface area contributed by atoms with Gasteiger partial charge in [-0.2, -0.15) is 0 Å². The fourth-order valence-corrected chi connectivity index (χ4v) is 2.49. The van der Waals surface area contributed by atoms with Crippen LogP contribution in [0.15, 0.2) is 24.3 Å². The average molecular weight is 334 g/mol. The molecular weight excluding hydrogens is 308 g/mol. The zero-order chi connectivity index (χ0) is 18.1. The van der Waals surface area contributed by atoms with E-state index >= 15 is 0 Å². The van der Waals surface area contributed by atoms with E-state index in [0.29, 0.717) is 5.75 Å². The SMILES string of the molecule is CC1(C)NC(=O)N(C[C@@H](O)COc2ccc(C(C)(C)C)cc2)C1=O. The van der Waals surface area contributed by atoms with Crippen LogP contribution in [-0.2, 0) is 10.2 Å². The summed E-state index contributed by atoms with van der Waals surface area (Å²) in [5, 5.41) is 12.6. The van der Waals surface area contributed by atoms with E-state index in [1.54, 1.807) is 13.8 Å². The molecule has 24 heavy (non-hydrogen) atoms. The van der Waals surface area contributed by atoms with Gasteiger partial charge in [-0.1, -0.05) is 32.9 Å². The van der Waals surface area contributed by atoms with E-state index in [0.717, 1.165) is 4.90 Å². The van der Waals surface area contributed by atoms with Crippen LogP contribution >= 0.6 is 0 Å². The van der Waals surface area contributed by atoms with Crippen molar-refractivity contribution in [2.24, 2.45) is 0 Å². The van der Waals surface area contributed by atoms with E-state index in [9.17, 15) is 14.7 Å². The lowest BCUT2D eigenvalue weighted by atomic mass is 9.87. The molecule has 132 valence electrons. The van der Waals surface area contributed by atoms with Crippen LogP contribution in [0.4, 0.5) is 4.79 Å². The Morgan fingerprint density at radius 1 is 1.21 bits per heavy atom. The first-order valence-corrected chi connectivity index (χ1v) is 8.06. The summed E-state index contributed by atoms with van der Waals surface area (Å²) in [6.07, 6.45) is -0.948. The van der Waals surface area contributed by atoms with Crippen LogP contribution in [0.2, 0.25) is 0 Å². The highest BCUT2D eigenvalue weighted by molar-refractivity contribution is 6.06. The van der Waals surface area contributed by atoms with Crippen molar-refractivity contribution in [3.05, 3.63) is 29.8 Å². The lowest BCUT2D eigenvalue weighted by Gasteiger charge is -2.21. The van der Waals surface area contributed by atoms with E-state index in [1.165, 1.54) is 5.56 Å². The van der Waals surface area contributed by atoms with Crippen LogP contribution in [-0.4, -0.2) is 46.7 Å². The molecular formula is C18H26N2O4. The van der Waals surface area contributed by atoms with Crippen LogP contribution in [0.3, 0.4) is 0 Å². The maximum atomic E-state index is 12.1. The first-order valence-electron chi connectivity index (χ1n) is 8.06. The monoisotopic (exact) mass is 334 g/mol. The van der Waals surface area contributed by atoms with E-state index in [1.807, 2.05) is 24.3 Å². The topological polar surface area (TPSA) is 78.9 Å². The number of imide groups is 1. The minimum absolute atomic E-state index is 0.00630. The highest BCUT2D eigenvalue weighted by Gasteiger charge is 2.44. The third kappa shape index (κ3) is 4.06. The number of carbonyl (C=O) groups excluding carboxylic acids is 2. The molecule has 3 amide bonds. The number of amides is 3. The Bertz CT molecular complexity index is 617. The molecule has 0 unspecified atom stereocenters. The summed E-state index contributed by atoms with van der Waals surface area (Å²) in [4.78, 5) is 24.9. The second kappa shape index (κ2) is 6.43. The molecule has 0 radical (unpaired) electrons. The molecule has 1 fully saturated rings. The molecule has 1 aromatic carbocycles. The molecule has 6 nitrogen and oxygen atoms in total. The van der Waals surface area contributed by atoms with E-state index in [2.05, 4.69) is 26.1 Å². The number of β-amino-alcohol motifs (C(OH)–C–C–N with tert-alkyl or cyclic N) is 1. The number of benzene rings is 1. The Kier molecular flexibility index (Phi) is 4.90. The number of hydrogen-bond donors (Lipinski definition) is 2. The summed E-state index contributed by atoms with van der Waals surface area (Å²) in [5.41, 5.74) is 0.325. The van der Waals surface area contributed by atoms with Gasteiger partial charge in [0.05, 0.1) is 6.54 Å². The van der Waals surface area contributed by atoms with E-state index in [-0.39, 0.29) is 24.5 Å². The molecule has 1 atom stereocenters. The molecule has 1 heterocycles. The Balaban J connectivity index is 1.89. The highest BCUT2D eigenvalue weighted by Crippen LogP contribution is 2.24. The molecule has 2 rings (SSSR count). The molecule has 0 aromatic heterocycles. The average Bonchev–Trinajstić information content (AvgIpc) is 2.67. The maximum absolute atomic E-state index is 12.1. The number of hydrogen-bond acceptors (Lipinski definition) is 4. The summed E-state index contributed by atoms with van der Waals surface area (Å²) in [6, 6.07) is 7.19. The standard InChI is InChI=1S/C18H26N2O4/c1-17(2,3)12-6-8-14(9-7-12)24-11-13(21)10-20-15(22)18(4,5)19-16(20)23/h6-9,13,21H,10-11H2,1-5H3,(H,19,23)/t13-/m1/s1. The van der Waals surface area contributed by atoms with Crippen LogP contribution in [0.1, 0.15) is 40.2 Å². The van der Waals surface area contributed by atoms with Crippen molar-refractivity contribution in [2.45, 2.75) is 51.7 Å². The van der Waals surface area contributed by atoms with Crippen molar-refractivity contribution >= 4 is 11.9 Å². The van der Waals surface area contributed by atoms with Crippen molar-refractivity contribution in [3.8, 4) is 5.75 Å². The molecule has 2 N–H and O–H groups in total. The lowest BCUT2D eigenvalue weighted by molar-refractivity contribution is -0.131. The lowest BCUT2D eigenvalue weighted by Crippen LogP contribution is -2.42. The van der Waals surface area contributed by atoms with E-state index < -0.39 is 17.7 Å². The minimum atomic E-state index is -0.948. The number of aliphatic hydroxyl groups is 1. The van der Waals surface area contributed by atoms with Gasteiger partial charge in [0.2, 0.25) is 0 Å². The van der Waals surface area contributed by atoms with Gasteiger partial charge in [0.15, 0.2) is 0 Å². The predicted molar refractivity (Wildman–Crippen MR) is 91.0 cm³/mol. The normalized spacial score (nSPS) is 18.5. The van der Waals surface area contributed by atoms with E-state index in [4.69, 9.17) is 4.74 Å². The van der Waals surface area contributed by atoms with Gasteiger partial charge >= 0.3 is 6.03 Å². The summed E-state index contributed by atoms with van der Waals surface area (Å²) < 4.78 is 5.55. The van der Waals surface area contributed by atoms with Crippen LogP contribution in [0.25, 0.3) is 0 Å². The number of nitrogens with zero attached hydrogens (tertiary/aromatic N) is 1. The highest BCUT2D eigenvalue weighted by atomic mass is 16.5. The van der Waals surface area contributed by atoms with Gasteiger partial charge in [-0.05, 0) is 37.0 Å². The number of rotatable bonds is 5. The molecule has 1 aromatic rings. The molecule has 0 aliphatic carbocycles. The van der Waals surface area contributed by atoms with Crippen molar-refractivity contribution in [1.29, 1.82) is 0 Å². The second-order valence-electron chi connectivity index (χ2n) is 7.71. The Morgan fingerprint density at radius 3 is 2.25 bits per heavy atom. The van der Waals surface area contributed by atoms with Gasteiger partial charge < -0.3 is 15.2 Å². The van der Waals surface area contributed by atoms with Crippen LogP contribution < -0.4 is 10.1 Å². The van der Waals surface area contributed by atoms with Crippen molar-refractivity contribution < 1.29 is 19.4 Å². The second-order valence-corrected chi connectivity index (χ2v) is 7.71. The number of nitrogens with one attached hydrogen (secondary N) is 1. The molecule has 1 saturated heterocycles. The third-order valence-corrected chi connectivity index (χ3v) is 4.00. The largest absolute Gasteiger partial charge is 0.491 e. The number of aliphatic hydroxyl groups excluding tert-OH is 1. The van der Waals surface area contributed by atoms with Crippen molar-refractivity contribution in [1.82, 2.24) is 10.2 Å². The Morgan fingerprint density at radius 2 is 1.79 bits per heavy atom. The zero-order valence-electron chi connectivity index (χ0n) is 14.9. The summed E-state index contributed by atoms with van der Waals surface area (Å²) in [7, 11) is 0. The fourth-order valence-electron chi connectivity index (χ4n) is 2.49. The summed E-state index contributed by atoms with van der Waals surface area (Å²) in [5.74, 6) is 0.292. The van der Waals surface area contributed by atoms with Crippen LogP contribution in [0.5, 0.6) is 5.75 Å². The van der Waals surface area contributed by atoms with Gasteiger partial charge in [-0.15, -0.1) is 0 Å². The number of ether oxygens (including phenoxy) is 1. The predicted octanol–water partition coefficient (Wildman–Crippen LogP) is 2.05. The number of carbonyl (C=O) groups is 2. The number of urea groups is 1. The molecule has 0 saturated carbocycles. The van der Waals surface area contributed by atoms with Crippen LogP contribution in [0, 0.1) is 0 Å². The first-order chi connectivity index (χ1) is 11.0. The van der Waals surface area contributed by atoms with Gasteiger partial charge in [-0.25, -0.2) is 4.79 Å². The van der Waals surface area contributed by atoms with Crippen molar-refractivity contribution in [3.63, 3.8) is 0 Å². The Labute approximate surface area is 142 Å². The summed E-state index contributed by atoms with van der Waals surface area (Å²) >= 11 is 0. The quantitative estimate of drug-likeness (QED) is 0.808. The van der Waals surface area contributed by atoms with Crippen molar-refractivity contribution in [2.75, 3.05) is 13.2 Å². The van der Waals surface area contributed by atoms with Gasteiger partial charge in [0.25, 0.3) is 5.91 Å². The Hall–Kier alpha value is -2.08. The molecule has 6 heteroatoms. The van der Waals surface area contributed by atoms with Gasteiger partial charge in [0.1, 0.15) is 24.0 Å². The fraction of sp³-hybridized carbons (Fsp3) is 0.556. The first kappa shape index (κ1) is 18.3. The van der Waals surface area contributed by atoms with Gasteiger partial charge in [0, 0.05) is 0 Å². The van der Waals surface area contributed by atoms with Gasteiger partial charge in [-0.3, -0.25) is 9.69 Å². The molecule has 1 aliphatic heterocycles. The molecule has 1 aliphatic rings. The summed E-state index contributed by atoms with van der Waals surface area (Å²) in [6.45, 7) is 9.57. The minimum Gasteiger partial charge on any atom is -0.491 e. The molecule has 0 bridgehead atoms. The molecule has 0 spiro atoms. The zero-order valence-corrected chi connectivity index (χ0v) is 14.9.